The fourth-order valence-corrected chi connectivity index (χ4v) is 6.19. The van der Waals surface area contributed by atoms with Crippen molar-refractivity contribution >= 4 is 28.2 Å². The third-order valence-electron chi connectivity index (χ3n) is 8.48. The number of carbonyl (C=O) groups excluding carboxylic acids is 1. The number of ether oxygens (including phenoxy) is 1. The Morgan fingerprint density at radius 3 is 2.73 bits per heavy atom. The number of rotatable bonds is 7. The van der Waals surface area contributed by atoms with Gasteiger partial charge in [-0.2, -0.15) is 15.2 Å². The lowest BCUT2D eigenvalue weighted by Crippen LogP contribution is -2.55. The Morgan fingerprint density at radius 2 is 1.95 bits per heavy atom. The van der Waals surface area contributed by atoms with Gasteiger partial charge in [0.2, 0.25) is 5.91 Å². The van der Waals surface area contributed by atoms with Crippen molar-refractivity contribution in [2.24, 2.45) is 0 Å². The normalized spacial score (nSPS) is 20.9. The van der Waals surface area contributed by atoms with E-state index in [-0.39, 0.29) is 18.4 Å². The molecule has 9 heteroatoms. The Balaban J connectivity index is 1.31. The van der Waals surface area contributed by atoms with Crippen molar-refractivity contribution in [3.05, 3.63) is 66.4 Å². The molecule has 0 saturated carbocycles. The van der Waals surface area contributed by atoms with Gasteiger partial charge in [0.05, 0.1) is 30.8 Å². The molecule has 2 atom stereocenters. The van der Waals surface area contributed by atoms with Gasteiger partial charge in [-0.05, 0) is 55.4 Å². The zero-order valence-corrected chi connectivity index (χ0v) is 23.0. The van der Waals surface area contributed by atoms with Crippen molar-refractivity contribution in [2.75, 3.05) is 49.6 Å². The number of benzene rings is 2. The first kappa shape index (κ1) is 26.1. The molecule has 2 saturated heterocycles. The van der Waals surface area contributed by atoms with Gasteiger partial charge in [-0.3, -0.25) is 4.79 Å². The number of hydrogen-bond acceptors (Lipinski definition) is 8. The van der Waals surface area contributed by atoms with E-state index in [0.29, 0.717) is 51.4 Å². The van der Waals surface area contributed by atoms with Crippen molar-refractivity contribution < 1.29 is 9.53 Å². The average molecular weight is 538 g/mol. The standard InChI is InChI=1S/C31H35N7O2/c1-3-29(39)38-16-15-36(18-25(38)12-13-32)30-27-19-37(24-11-10-22-7-4-5-8-23(22)17-24)20-28(27)33-31(34-30)40-21-26-9-6-14-35(26)2/h3-5,7-8,10-11,17,25-26H,1,6,9,12,14-16,18-21H2,2H3. The van der Waals surface area contributed by atoms with Crippen molar-refractivity contribution in [2.45, 2.75) is 44.4 Å². The van der Waals surface area contributed by atoms with E-state index in [4.69, 9.17) is 14.7 Å². The number of piperazine rings is 1. The monoisotopic (exact) mass is 537 g/mol. The molecule has 2 fully saturated rings. The third-order valence-corrected chi connectivity index (χ3v) is 8.48. The molecule has 3 aromatic rings. The highest BCUT2D eigenvalue weighted by Crippen LogP contribution is 2.36. The second-order valence-corrected chi connectivity index (χ2v) is 10.9. The average Bonchev–Trinajstić information content (AvgIpc) is 3.61. The Bertz CT molecular complexity index is 1470. The van der Waals surface area contributed by atoms with Crippen LogP contribution in [0.25, 0.3) is 10.8 Å². The molecular weight excluding hydrogens is 502 g/mol. The van der Waals surface area contributed by atoms with Crippen LogP contribution in [-0.2, 0) is 17.9 Å². The molecule has 0 aliphatic carbocycles. The predicted octanol–water partition coefficient (Wildman–Crippen LogP) is 3.74. The summed E-state index contributed by atoms with van der Waals surface area (Å²) in [7, 11) is 2.14. The van der Waals surface area contributed by atoms with E-state index in [9.17, 15) is 10.1 Å². The molecule has 4 heterocycles. The maximum absolute atomic E-state index is 12.5. The summed E-state index contributed by atoms with van der Waals surface area (Å²) in [6.45, 7) is 8.29. The molecule has 1 amide bonds. The number of anilines is 2. The Kier molecular flexibility index (Phi) is 7.27. The van der Waals surface area contributed by atoms with Crippen LogP contribution in [0.2, 0.25) is 0 Å². The van der Waals surface area contributed by atoms with Crippen molar-refractivity contribution in [3.63, 3.8) is 0 Å². The summed E-state index contributed by atoms with van der Waals surface area (Å²) in [4.78, 5) is 31.0. The summed E-state index contributed by atoms with van der Waals surface area (Å²) < 4.78 is 6.23. The lowest BCUT2D eigenvalue weighted by atomic mass is 10.1. The smallest absolute Gasteiger partial charge is 0.318 e. The highest BCUT2D eigenvalue weighted by molar-refractivity contribution is 5.87. The number of hydrogen-bond donors (Lipinski definition) is 0. The Hall–Kier alpha value is -4.16. The van der Waals surface area contributed by atoms with E-state index in [1.807, 2.05) is 0 Å². The van der Waals surface area contributed by atoms with Crippen LogP contribution in [0, 0.1) is 11.3 Å². The van der Waals surface area contributed by atoms with E-state index >= 15 is 0 Å². The summed E-state index contributed by atoms with van der Waals surface area (Å²) >= 11 is 0. The maximum atomic E-state index is 12.5. The number of nitriles is 1. The number of amides is 1. The SMILES string of the molecule is C=CC(=O)N1CCN(c2nc(OCC3CCCN3C)nc3c2CN(c2ccc4ccccc4c2)C3)CC1CC#N. The minimum absolute atomic E-state index is 0.139. The molecule has 40 heavy (non-hydrogen) atoms. The first-order valence-corrected chi connectivity index (χ1v) is 14.1. The molecule has 2 aromatic carbocycles. The molecule has 1 aromatic heterocycles. The van der Waals surface area contributed by atoms with Gasteiger partial charge in [0, 0.05) is 43.5 Å². The zero-order chi connectivity index (χ0) is 27.6. The Labute approximate surface area is 235 Å². The van der Waals surface area contributed by atoms with E-state index in [1.54, 1.807) is 4.90 Å². The molecule has 3 aliphatic rings. The second-order valence-electron chi connectivity index (χ2n) is 10.9. The van der Waals surface area contributed by atoms with E-state index in [2.05, 4.69) is 76.9 Å². The lowest BCUT2D eigenvalue weighted by Gasteiger charge is -2.41. The van der Waals surface area contributed by atoms with Gasteiger partial charge in [-0.1, -0.05) is 36.9 Å². The number of nitrogens with zero attached hydrogens (tertiary/aromatic N) is 7. The summed E-state index contributed by atoms with van der Waals surface area (Å²) in [6.07, 6.45) is 3.87. The van der Waals surface area contributed by atoms with E-state index in [1.165, 1.54) is 23.3 Å². The molecule has 0 N–H and O–H groups in total. The largest absolute Gasteiger partial charge is 0.462 e. The summed E-state index contributed by atoms with van der Waals surface area (Å²) in [5.41, 5.74) is 3.19. The molecule has 3 aliphatic heterocycles. The van der Waals surface area contributed by atoms with Crippen LogP contribution >= 0.6 is 0 Å². The molecule has 0 spiro atoms. The van der Waals surface area contributed by atoms with Gasteiger partial charge in [0.15, 0.2) is 0 Å². The summed E-state index contributed by atoms with van der Waals surface area (Å²) in [6, 6.07) is 17.7. The van der Waals surface area contributed by atoms with Gasteiger partial charge in [0.25, 0.3) is 0 Å². The van der Waals surface area contributed by atoms with Crippen LogP contribution in [-0.4, -0.2) is 77.6 Å². The van der Waals surface area contributed by atoms with Crippen LogP contribution in [0.5, 0.6) is 6.01 Å². The van der Waals surface area contributed by atoms with E-state index < -0.39 is 0 Å². The predicted molar refractivity (Wildman–Crippen MR) is 155 cm³/mol. The fraction of sp³-hybridized carbons (Fsp3) is 0.419. The first-order valence-electron chi connectivity index (χ1n) is 14.1. The highest BCUT2D eigenvalue weighted by atomic mass is 16.5. The van der Waals surface area contributed by atoms with E-state index in [0.717, 1.165) is 35.7 Å². The number of fused-ring (bicyclic) bond motifs is 2. The second kappa shape index (κ2) is 11.1. The maximum Gasteiger partial charge on any atom is 0.318 e. The molecule has 0 bridgehead atoms. The minimum Gasteiger partial charge on any atom is -0.462 e. The molecule has 206 valence electrons. The van der Waals surface area contributed by atoms with Crippen molar-refractivity contribution in [1.82, 2.24) is 19.8 Å². The highest BCUT2D eigenvalue weighted by Gasteiger charge is 2.34. The quantitative estimate of drug-likeness (QED) is 0.421. The minimum atomic E-state index is -0.232. The van der Waals surface area contributed by atoms with Crippen molar-refractivity contribution in [3.8, 4) is 12.1 Å². The first-order chi connectivity index (χ1) is 19.5. The number of likely N-dealkylation sites (N-methyl/N-ethyl adjacent to an activating group) is 1. The van der Waals surface area contributed by atoms with Gasteiger partial charge >= 0.3 is 6.01 Å². The topological polar surface area (TPSA) is 88.8 Å². The van der Waals surface area contributed by atoms with Crippen LogP contribution in [0.4, 0.5) is 11.5 Å². The number of likely N-dealkylation sites (tertiary alicyclic amines) is 1. The molecule has 2 unspecified atom stereocenters. The summed E-state index contributed by atoms with van der Waals surface area (Å²) in [5.74, 6) is 0.705. The zero-order valence-electron chi connectivity index (χ0n) is 23.0. The molecule has 6 rings (SSSR count). The van der Waals surface area contributed by atoms with Crippen LogP contribution in [0.15, 0.2) is 55.1 Å². The number of carbonyl (C=O) groups is 1. The van der Waals surface area contributed by atoms with Crippen LogP contribution in [0.1, 0.15) is 30.5 Å². The molecule has 0 radical (unpaired) electrons. The van der Waals surface area contributed by atoms with Crippen LogP contribution < -0.4 is 14.5 Å². The van der Waals surface area contributed by atoms with Crippen LogP contribution in [0.3, 0.4) is 0 Å². The van der Waals surface area contributed by atoms with Gasteiger partial charge in [-0.15, -0.1) is 0 Å². The molecule has 9 nitrogen and oxygen atoms in total. The molecular formula is C31H35N7O2. The number of aromatic nitrogens is 2. The van der Waals surface area contributed by atoms with Crippen molar-refractivity contribution in [1.29, 1.82) is 5.26 Å². The van der Waals surface area contributed by atoms with Gasteiger partial charge < -0.3 is 24.3 Å². The van der Waals surface area contributed by atoms with Gasteiger partial charge in [0.1, 0.15) is 12.4 Å². The lowest BCUT2D eigenvalue weighted by molar-refractivity contribution is -0.128. The summed E-state index contributed by atoms with van der Waals surface area (Å²) in [5, 5.41) is 11.9. The Morgan fingerprint density at radius 1 is 1.10 bits per heavy atom. The fourth-order valence-electron chi connectivity index (χ4n) is 6.19. The third kappa shape index (κ3) is 5.07. The van der Waals surface area contributed by atoms with Gasteiger partial charge in [-0.25, -0.2) is 0 Å².